The summed E-state index contributed by atoms with van der Waals surface area (Å²) in [6.45, 7) is 2.55. The number of nitrogens with one attached hydrogen (secondary N) is 2. The first-order chi connectivity index (χ1) is 12.1. The molecule has 0 fully saturated rings. The molecule has 8 heteroatoms. The first-order valence-electron chi connectivity index (χ1n) is 7.90. The van der Waals surface area contributed by atoms with Gasteiger partial charge in [-0.25, -0.2) is 9.78 Å². The number of benzene rings is 1. The monoisotopic (exact) mass is 346 g/mol. The van der Waals surface area contributed by atoms with Crippen LogP contribution in [-0.4, -0.2) is 36.3 Å². The molecule has 2 rings (SSSR count). The standard InChI is InChI=1S/C17H22N4O4/c1-4-12-10-15(22)21(11-19-12)9-8-18-17(23)20-13-6-5-7-14(24-2)16(13)25-3/h5-7,10-11H,4,8-9H2,1-3H3,(H2,18,20,23). The number of rotatable bonds is 7. The average Bonchev–Trinajstić information content (AvgIpc) is 2.62. The van der Waals surface area contributed by atoms with Crippen molar-refractivity contribution in [2.45, 2.75) is 19.9 Å². The molecule has 25 heavy (non-hydrogen) atoms. The minimum absolute atomic E-state index is 0.136. The summed E-state index contributed by atoms with van der Waals surface area (Å²) in [7, 11) is 3.03. The van der Waals surface area contributed by atoms with Gasteiger partial charge in [-0.2, -0.15) is 0 Å². The molecule has 0 radical (unpaired) electrons. The van der Waals surface area contributed by atoms with E-state index in [9.17, 15) is 9.59 Å². The fraction of sp³-hybridized carbons (Fsp3) is 0.353. The molecule has 2 amide bonds. The van der Waals surface area contributed by atoms with Crippen LogP contribution < -0.4 is 25.7 Å². The highest BCUT2D eigenvalue weighted by Crippen LogP contribution is 2.34. The van der Waals surface area contributed by atoms with Gasteiger partial charge in [0.2, 0.25) is 0 Å². The number of aromatic nitrogens is 2. The quantitative estimate of drug-likeness (QED) is 0.795. The normalized spacial score (nSPS) is 10.2. The van der Waals surface area contributed by atoms with Gasteiger partial charge >= 0.3 is 6.03 Å². The summed E-state index contributed by atoms with van der Waals surface area (Å²) < 4.78 is 11.9. The Balaban J connectivity index is 1.92. The molecule has 0 saturated heterocycles. The lowest BCUT2D eigenvalue weighted by molar-refractivity contribution is 0.251. The predicted octanol–water partition coefficient (Wildman–Crippen LogP) is 1.64. The number of ether oxygens (including phenoxy) is 2. The van der Waals surface area contributed by atoms with Gasteiger partial charge in [-0.3, -0.25) is 9.36 Å². The summed E-state index contributed by atoms with van der Waals surface area (Å²) >= 11 is 0. The van der Waals surface area contributed by atoms with Gasteiger partial charge < -0.3 is 20.1 Å². The molecule has 0 spiro atoms. The van der Waals surface area contributed by atoms with Crippen molar-refractivity contribution in [2.75, 3.05) is 26.1 Å². The smallest absolute Gasteiger partial charge is 0.319 e. The van der Waals surface area contributed by atoms with Crippen LogP contribution in [0.15, 0.2) is 35.4 Å². The van der Waals surface area contributed by atoms with E-state index >= 15 is 0 Å². The Labute approximate surface area is 145 Å². The summed E-state index contributed by atoms with van der Waals surface area (Å²) in [5.41, 5.74) is 1.10. The van der Waals surface area contributed by atoms with Crippen LogP contribution in [0.1, 0.15) is 12.6 Å². The van der Waals surface area contributed by atoms with Gasteiger partial charge in [-0.15, -0.1) is 0 Å². The van der Waals surface area contributed by atoms with Crippen LogP contribution in [0.4, 0.5) is 10.5 Å². The third-order valence-electron chi connectivity index (χ3n) is 3.59. The first-order valence-corrected chi connectivity index (χ1v) is 7.90. The van der Waals surface area contributed by atoms with Crippen LogP contribution >= 0.6 is 0 Å². The molecule has 8 nitrogen and oxygen atoms in total. The molecule has 1 heterocycles. The van der Waals surface area contributed by atoms with Gasteiger partial charge in [-0.05, 0) is 18.6 Å². The number of methoxy groups -OCH3 is 2. The second-order valence-corrected chi connectivity index (χ2v) is 5.19. The van der Waals surface area contributed by atoms with E-state index in [1.807, 2.05) is 6.92 Å². The van der Waals surface area contributed by atoms with Crippen molar-refractivity contribution in [2.24, 2.45) is 0 Å². The zero-order valence-corrected chi connectivity index (χ0v) is 14.5. The fourth-order valence-corrected chi connectivity index (χ4v) is 2.27. The Hall–Kier alpha value is -3.03. The largest absolute Gasteiger partial charge is 0.493 e. The van der Waals surface area contributed by atoms with Crippen LogP contribution in [0.5, 0.6) is 11.5 Å². The number of amides is 2. The third kappa shape index (κ3) is 4.72. The van der Waals surface area contributed by atoms with Gasteiger partial charge in [0.05, 0.1) is 26.2 Å². The Morgan fingerprint density at radius 2 is 2.08 bits per heavy atom. The minimum atomic E-state index is -0.405. The van der Waals surface area contributed by atoms with E-state index in [4.69, 9.17) is 9.47 Å². The first kappa shape index (κ1) is 18.3. The van der Waals surface area contributed by atoms with Crippen LogP contribution in [0.3, 0.4) is 0 Å². The van der Waals surface area contributed by atoms with Crippen molar-refractivity contribution >= 4 is 11.7 Å². The van der Waals surface area contributed by atoms with Crippen molar-refractivity contribution < 1.29 is 14.3 Å². The predicted molar refractivity (Wildman–Crippen MR) is 94.4 cm³/mol. The highest BCUT2D eigenvalue weighted by molar-refractivity contribution is 5.91. The maximum absolute atomic E-state index is 12.0. The summed E-state index contributed by atoms with van der Waals surface area (Å²) in [4.78, 5) is 28.1. The summed E-state index contributed by atoms with van der Waals surface area (Å²) in [5.74, 6) is 0.963. The van der Waals surface area contributed by atoms with E-state index in [2.05, 4.69) is 15.6 Å². The van der Waals surface area contributed by atoms with E-state index in [0.717, 1.165) is 5.69 Å². The highest BCUT2D eigenvalue weighted by Gasteiger charge is 2.11. The SMILES string of the molecule is CCc1cc(=O)n(CCNC(=O)Nc2cccc(OC)c2OC)cn1. The van der Waals surface area contributed by atoms with Crippen LogP contribution in [0.25, 0.3) is 0 Å². The average molecular weight is 346 g/mol. The lowest BCUT2D eigenvalue weighted by Gasteiger charge is -2.14. The maximum atomic E-state index is 12.0. The fourth-order valence-electron chi connectivity index (χ4n) is 2.27. The van der Waals surface area contributed by atoms with Crippen molar-refractivity contribution in [3.05, 3.63) is 46.6 Å². The van der Waals surface area contributed by atoms with Crippen molar-refractivity contribution in [1.29, 1.82) is 0 Å². The Bertz CT molecular complexity index is 788. The molecule has 0 aliphatic heterocycles. The number of anilines is 1. The number of aryl methyl sites for hydroxylation is 1. The second kappa shape index (κ2) is 8.72. The van der Waals surface area contributed by atoms with Crippen molar-refractivity contribution in [3.63, 3.8) is 0 Å². The van der Waals surface area contributed by atoms with E-state index in [0.29, 0.717) is 30.2 Å². The lowest BCUT2D eigenvalue weighted by Crippen LogP contribution is -2.33. The summed E-state index contributed by atoms with van der Waals surface area (Å²) in [6.07, 6.45) is 2.20. The van der Waals surface area contributed by atoms with Crippen LogP contribution in [0, 0.1) is 0 Å². The Morgan fingerprint density at radius 3 is 2.72 bits per heavy atom. The lowest BCUT2D eigenvalue weighted by atomic mass is 10.2. The van der Waals surface area contributed by atoms with Gasteiger partial charge in [0.1, 0.15) is 0 Å². The van der Waals surface area contributed by atoms with E-state index in [1.54, 1.807) is 18.2 Å². The van der Waals surface area contributed by atoms with E-state index < -0.39 is 6.03 Å². The number of carbonyl (C=O) groups excluding carboxylic acids is 1. The number of urea groups is 1. The number of hydrogen-bond donors (Lipinski definition) is 2. The number of hydrogen-bond acceptors (Lipinski definition) is 5. The van der Waals surface area contributed by atoms with Gasteiger partial charge in [0.15, 0.2) is 11.5 Å². The number of para-hydroxylation sites is 1. The third-order valence-corrected chi connectivity index (χ3v) is 3.59. The Morgan fingerprint density at radius 1 is 1.28 bits per heavy atom. The second-order valence-electron chi connectivity index (χ2n) is 5.19. The molecule has 2 aromatic rings. The number of nitrogens with zero attached hydrogens (tertiary/aromatic N) is 2. The molecular weight excluding hydrogens is 324 g/mol. The molecule has 0 atom stereocenters. The van der Waals surface area contributed by atoms with Crippen molar-refractivity contribution in [1.82, 2.24) is 14.9 Å². The van der Waals surface area contributed by atoms with Gasteiger partial charge in [-0.1, -0.05) is 13.0 Å². The molecule has 0 aliphatic carbocycles. The molecule has 0 bridgehead atoms. The van der Waals surface area contributed by atoms with Crippen molar-refractivity contribution in [3.8, 4) is 11.5 Å². The molecule has 0 unspecified atom stereocenters. The molecule has 0 aliphatic rings. The zero-order valence-electron chi connectivity index (χ0n) is 14.5. The molecule has 2 N–H and O–H groups in total. The molecular formula is C17H22N4O4. The molecule has 0 saturated carbocycles. The molecule has 134 valence electrons. The van der Waals surface area contributed by atoms with Gasteiger partial charge in [0.25, 0.3) is 5.56 Å². The number of carbonyl (C=O) groups is 1. The highest BCUT2D eigenvalue weighted by atomic mass is 16.5. The minimum Gasteiger partial charge on any atom is -0.493 e. The topological polar surface area (TPSA) is 94.5 Å². The summed E-state index contributed by atoms with van der Waals surface area (Å²) in [6, 6.07) is 6.29. The van der Waals surface area contributed by atoms with E-state index in [-0.39, 0.29) is 12.1 Å². The molecule has 1 aromatic carbocycles. The zero-order chi connectivity index (χ0) is 18.2. The molecule has 1 aromatic heterocycles. The summed E-state index contributed by atoms with van der Waals surface area (Å²) in [5, 5.41) is 5.39. The van der Waals surface area contributed by atoms with E-state index in [1.165, 1.54) is 31.2 Å². The van der Waals surface area contributed by atoms with Crippen LogP contribution in [-0.2, 0) is 13.0 Å². The maximum Gasteiger partial charge on any atom is 0.319 e. The van der Waals surface area contributed by atoms with Crippen LogP contribution in [0.2, 0.25) is 0 Å². The van der Waals surface area contributed by atoms with Gasteiger partial charge in [0, 0.05) is 24.8 Å². The Kier molecular flexibility index (Phi) is 6.39.